The van der Waals surface area contributed by atoms with Crippen LogP contribution in [-0.2, 0) is 10.0 Å². The van der Waals surface area contributed by atoms with Crippen LogP contribution in [0.15, 0.2) is 30.5 Å². The summed E-state index contributed by atoms with van der Waals surface area (Å²) in [5.74, 6) is 0.429. The molecule has 4 N–H and O–H groups in total. The Labute approximate surface area is 220 Å². The largest absolute Gasteiger partial charge is 0.390 e. The molecular formula is C24H30ClN7O4S. The lowest BCUT2D eigenvalue weighted by Crippen LogP contribution is -2.39. The molecule has 2 aliphatic heterocycles. The van der Waals surface area contributed by atoms with Gasteiger partial charge in [0, 0.05) is 48.5 Å². The van der Waals surface area contributed by atoms with Crippen molar-refractivity contribution in [1.82, 2.24) is 19.5 Å². The number of sulfonamides is 1. The van der Waals surface area contributed by atoms with Gasteiger partial charge in [-0.05, 0) is 44.4 Å². The van der Waals surface area contributed by atoms with Crippen molar-refractivity contribution in [2.45, 2.75) is 44.4 Å². The maximum Gasteiger partial charge on any atom is 0.256 e. The second kappa shape index (κ2) is 9.75. The second-order valence-corrected chi connectivity index (χ2v) is 12.0. The van der Waals surface area contributed by atoms with E-state index in [4.69, 9.17) is 27.4 Å². The third kappa shape index (κ3) is 5.24. The standard InChI is InChI=1S/C24H30ClN7O4S/c1-14-11-32-22(27-23(14)30-12-17(26)21(33)13-30)10-19(28-32)20-5-3-4-8-31(20)24(34)16-9-15(25)6-7-18(16)29-37(2,35)36/h6-7,9-11,17,20-21,29,33H,3-5,8,12-13,26H2,1-2H3/t17-,20-,21+/m0/s1. The molecule has 5 rings (SSSR count). The molecular weight excluding hydrogens is 518 g/mol. The van der Waals surface area contributed by atoms with Crippen LogP contribution < -0.4 is 15.4 Å². The Kier molecular flexibility index (Phi) is 6.77. The first-order chi connectivity index (χ1) is 17.5. The lowest BCUT2D eigenvalue weighted by molar-refractivity contribution is 0.0607. The highest BCUT2D eigenvalue weighted by Crippen LogP contribution is 2.34. The van der Waals surface area contributed by atoms with Crippen LogP contribution in [0, 0.1) is 6.92 Å². The molecule has 0 bridgehead atoms. The number of likely N-dealkylation sites (tertiary alicyclic amines) is 1. The van der Waals surface area contributed by atoms with Gasteiger partial charge >= 0.3 is 0 Å². The Balaban J connectivity index is 1.48. The fourth-order valence-corrected chi connectivity index (χ4v) is 5.86. The SMILES string of the molecule is Cc1cn2nc([C@@H]3CCCCN3C(=O)c3cc(Cl)ccc3NS(C)(=O)=O)cc2nc1N1C[C@@H](O)[C@@H](N)C1. The number of benzene rings is 1. The number of nitrogens with zero attached hydrogens (tertiary/aromatic N) is 5. The maximum absolute atomic E-state index is 13.7. The molecule has 0 spiro atoms. The van der Waals surface area contributed by atoms with Crippen molar-refractivity contribution in [1.29, 1.82) is 0 Å². The molecule has 1 aromatic carbocycles. The molecule has 0 radical (unpaired) electrons. The van der Waals surface area contributed by atoms with Crippen LogP contribution in [0.3, 0.4) is 0 Å². The molecule has 0 aliphatic carbocycles. The summed E-state index contributed by atoms with van der Waals surface area (Å²) in [7, 11) is -3.60. The fraction of sp³-hybridized carbons (Fsp3) is 0.458. The maximum atomic E-state index is 13.7. The molecule has 1 amide bonds. The first-order valence-corrected chi connectivity index (χ1v) is 14.4. The molecule has 2 aliphatic rings. The third-order valence-corrected chi connectivity index (χ3v) is 7.69. The van der Waals surface area contributed by atoms with Crippen LogP contribution in [0.1, 0.15) is 46.9 Å². The molecule has 198 valence electrons. The predicted octanol–water partition coefficient (Wildman–Crippen LogP) is 1.94. The van der Waals surface area contributed by atoms with Crippen molar-refractivity contribution in [3.8, 4) is 0 Å². The highest BCUT2D eigenvalue weighted by molar-refractivity contribution is 7.92. The van der Waals surface area contributed by atoms with Crippen LogP contribution in [0.25, 0.3) is 5.65 Å². The number of aromatic nitrogens is 3. The smallest absolute Gasteiger partial charge is 0.256 e. The van der Waals surface area contributed by atoms with Gasteiger partial charge < -0.3 is 20.6 Å². The topological polar surface area (TPSA) is 146 Å². The van der Waals surface area contributed by atoms with Gasteiger partial charge in [0.15, 0.2) is 5.65 Å². The molecule has 11 nitrogen and oxygen atoms in total. The predicted molar refractivity (Wildman–Crippen MR) is 141 cm³/mol. The summed E-state index contributed by atoms with van der Waals surface area (Å²) in [6, 6.07) is 5.76. The van der Waals surface area contributed by atoms with E-state index >= 15 is 0 Å². The van der Waals surface area contributed by atoms with Crippen molar-refractivity contribution < 1.29 is 18.3 Å². The molecule has 0 saturated carbocycles. The second-order valence-electron chi connectivity index (χ2n) is 9.83. The van der Waals surface area contributed by atoms with Gasteiger partial charge in [-0.15, -0.1) is 0 Å². The number of anilines is 2. The molecule has 2 saturated heterocycles. The van der Waals surface area contributed by atoms with Gasteiger partial charge in [0.2, 0.25) is 10.0 Å². The number of carbonyl (C=O) groups is 1. The van der Waals surface area contributed by atoms with Gasteiger partial charge in [-0.2, -0.15) is 5.10 Å². The highest BCUT2D eigenvalue weighted by Gasteiger charge is 2.33. The van der Waals surface area contributed by atoms with Gasteiger partial charge in [0.1, 0.15) is 5.82 Å². The number of nitrogens with one attached hydrogen (secondary N) is 1. The van der Waals surface area contributed by atoms with E-state index < -0.39 is 16.1 Å². The molecule has 2 aromatic heterocycles. The highest BCUT2D eigenvalue weighted by atomic mass is 35.5. The van der Waals surface area contributed by atoms with Gasteiger partial charge in [0.25, 0.3) is 5.91 Å². The number of amides is 1. The summed E-state index contributed by atoms with van der Waals surface area (Å²) in [6.45, 7) is 3.37. The van der Waals surface area contributed by atoms with Crippen LogP contribution in [0.2, 0.25) is 5.02 Å². The van der Waals surface area contributed by atoms with Crippen molar-refractivity contribution in [2.24, 2.45) is 5.73 Å². The van der Waals surface area contributed by atoms with E-state index in [-0.39, 0.29) is 29.2 Å². The summed E-state index contributed by atoms with van der Waals surface area (Å²) in [5.41, 5.74) is 8.60. The Morgan fingerprint density at radius 2 is 2.03 bits per heavy atom. The lowest BCUT2D eigenvalue weighted by Gasteiger charge is -2.35. The number of fused-ring (bicyclic) bond motifs is 1. The number of halogens is 1. The number of aliphatic hydroxyl groups excluding tert-OH is 1. The van der Waals surface area contributed by atoms with Gasteiger partial charge in [-0.25, -0.2) is 17.9 Å². The van der Waals surface area contributed by atoms with Crippen LogP contribution in [-0.4, -0.2) is 77.0 Å². The molecule has 3 atom stereocenters. The number of hydrogen-bond donors (Lipinski definition) is 3. The fourth-order valence-electron chi connectivity index (χ4n) is 5.11. The summed E-state index contributed by atoms with van der Waals surface area (Å²) in [5, 5.41) is 15.2. The van der Waals surface area contributed by atoms with E-state index in [1.165, 1.54) is 12.1 Å². The number of carbonyl (C=O) groups excluding carboxylic acids is 1. The Morgan fingerprint density at radius 1 is 1.24 bits per heavy atom. The monoisotopic (exact) mass is 547 g/mol. The van der Waals surface area contributed by atoms with Crippen LogP contribution >= 0.6 is 11.6 Å². The summed E-state index contributed by atoms with van der Waals surface area (Å²) in [6.07, 6.45) is 4.78. The minimum Gasteiger partial charge on any atom is -0.390 e. The van der Waals surface area contributed by atoms with Crippen molar-refractivity contribution in [2.75, 3.05) is 35.5 Å². The molecule has 3 aromatic rings. The van der Waals surface area contributed by atoms with E-state index in [2.05, 4.69) is 4.72 Å². The number of nitrogens with two attached hydrogens (primary N) is 1. The van der Waals surface area contributed by atoms with E-state index in [1.807, 2.05) is 24.1 Å². The normalized spacial score (nSPS) is 22.6. The Bertz CT molecular complexity index is 1450. The first-order valence-electron chi connectivity index (χ1n) is 12.1. The molecule has 4 heterocycles. The summed E-state index contributed by atoms with van der Waals surface area (Å²) in [4.78, 5) is 22.2. The van der Waals surface area contributed by atoms with Gasteiger partial charge in [-0.3, -0.25) is 9.52 Å². The average molecular weight is 548 g/mol. The molecule has 37 heavy (non-hydrogen) atoms. The number of piperidine rings is 1. The third-order valence-electron chi connectivity index (χ3n) is 6.87. The lowest BCUT2D eigenvalue weighted by atomic mass is 9.98. The van der Waals surface area contributed by atoms with Crippen molar-refractivity contribution in [3.05, 3.63) is 52.3 Å². The van der Waals surface area contributed by atoms with Crippen molar-refractivity contribution in [3.63, 3.8) is 0 Å². The summed E-state index contributed by atoms with van der Waals surface area (Å²) >= 11 is 6.18. The molecule has 2 fully saturated rings. The minimum absolute atomic E-state index is 0.184. The van der Waals surface area contributed by atoms with Gasteiger partial charge in [-0.1, -0.05) is 11.6 Å². The quantitative estimate of drug-likeness (QED) is 0.439. The van der Waals surface area contributed by atoms with E-state index in [1.54, 1.807) is 15.5 Å². The Morgan fingerprint density at radius 3 is 2.73 bits per heavy atom. The summed E-state index contributed by atoms with van der Waals surface area (Å²) < 4.78 is 27.9. The molecule has 13 heteroatoms. The van der Waals surface area contributed by atoms with Crippen LogP contribution in [0.5, 0.6) is 0 Å². The molecule has 0 unspecified atom stereocenters. The zero-order valence-corrected chi connectivity index (χ0v) is 22.2. The first kappa shape index (κ1) is 25.7. The van der Waals surface area contributed by atoms with Crippen molar-refractivity contribution >= 4 is 44.7 Å². The van der Waals surface area contributed by atoms with E-state index in [0.717, 1.165) is 30.5 Å². The Hall–Kier alpha value is -2.93. The number of hydrogen-bond acceptors (Lipinski definition) is 8. The van der Waals surface area contributed by atoms with Gasteiger partial charge in [0.05, 0.1) is 35.3 Å². The van der Waals surface area contributed by atoms with Crippen LogP contribution in [0.4, 0.5) is 11.5 Å². The number of aryl methyl sites for hydroxylation is 1. The number of aliphatic hydroxyl groups is 1. The number of rotatable bonds is 5. The van der Waals surface area contributed by atoms with E-state index in [0.29, 0.717) is 42.4 Å². The van der Waals surface area contributed by atoms with E-state index in [9.17, 15) is 18.3 Å². The number of β-amino-alcohol motifs (C(OH)–C–C–N with tert-alkyl or cyclic N) is 1. The average Bonchev–Trinajstić information content (AvgIpc) is 3.40. The zero-order chi connectivity index (χ0) is 26.5. The minimum atomic E-state index is -3.60. The zero-order valence-electron chi connectivity index (χ0n) is 20.6.